The van der Waals surface area contributed by atoms with Crippen LogP contribution >= 0.6 is 21.6 Å². The minimum atomic E-state index is 0.0702. The topological polar surface area (TPSA) is 9.23 Å². The molecule has 1 saturated heterocycles. The molecule has 2 aliphatic heterocycles. The molecule has 4 rings (SSSR count). The van der Waals surface area contributed by atoms with Crippen molar-refractivity contribution in [2.24, 2.45) is 5.92 Å². The Labute approximate surface area is 121 Å². The molecular weight excluding hydrogens is 272 g/mol. The summed E-state index contributed by atoms with van der Waals surface area (Å²) in [5.41, 5.74) is 2.75. The molecule has 0 aromatic heterocycles. The standard InChI is InChI=1S/C16H14OS2/c1-2-6-12(7-3-1)16-13(11-18-19-16)10-17-15-9-5-4-8-14(15)16/h1-9,13H,10-11H2. The summed E-state index contributed by atoms with van der Waals surface area (Å²) >= 11 is 0. The molecule has 0 radical (unpaired) electrons. The van der Waals surface area contributed by atoms with E-state index in [0.29, 0.717) is 5.92 Å². The molecule has 3 heteroatoms. The van der Waals surface area contributed by atoms with Gasteiger partial charge in [-0.05, 0) is 11.6 Å². The van der Waals surface area contributed by atoms with Crippen LogP contribution in [-0.2, 0) is 4.75 Å². The highest BCUT2D eigenvalue weighted by Crippen LogP contribution is 2.63. The van der Waals surface area contributed by atoms with Gasteiger partial charge in [0.05, 0.1) is 11.4 Å². The summed E-state index contributed by atoms with van der Waals surface area (Å²) < 4.78 is 6.03. The lowest BCUT2D eigenvalue weighted by atomic mass is 9.79. The molecule has 0 spiro atoms. The van der Waals surface area contributed by atoms with Crippen molar-refractivity contribution < 1.29 is 4.74 Å². The van der Waals surface area contributed by atoms with Gasteiger partial charge in [0.25, 0.3) is 0 Å². The predicted molar refractivity (Wildman–Crippen MR) is 82.7 cm³/mol. The van der Waals surface area contributed by atoms with E-state index in [0.717, 1.165) is 18.1 Å². The maximum absolute atomic E-state index is 5.96. The number of rotatable bonds is 1. The molecule has 0 saturated carbocycles. The first-order valence-corrected chi connectivity index (χ1v) is 8.81. The third-order valence-electron chi connectivity index (χ3n) is 3.96. The summed E-state index contributed by atoms with van der Waals surface area (Å²) in [6.07, 6.45) is 0. The third kappa shape index (κ3) is 1.65. The van der Waals surface area contributed by atoms with E-state index in [4.69, 9.17) is 4.74 Å². The zero-order chi connectivity index (χ0) is 12.7. The fourth-order valence-electron chi connectivity index (χ4n) is 3.04. The van der Waals surface area contributed by atoms with Crippen molar-refractivity contribution in [2.75, 3.05) is 12.4 Å². The smallest absolute Gasteiger partial charge is 0.124 e. The second-order valence-electron chi connectivity index (χ2n) is 4.97. The maximum atomic E-state index is 5.96. The lowest BCUT2D eigenvalue weighted by molar-refractivity contribution is 0.211. The average molecular weight is 286 g/mol. The first kappa shape index (κ1) is 11.7. The van der Waals surface area contributed by atoms with E-state index < -0.39 is 0 Å². The molecule has 2 aromatic carbocycles. The molecule has 0 N–H and O–H groups in total. The lowest BCUT2D eigenvalue weighted by Gasteiger charge is -2.39. The summed E-state index contributed by atoms with van der Waals surface area (Å²) in [5.74, 6) is 2.77. The summed E-state index contributed by atoms with van der Waals surface area (Å²) in [6, 6.07) is 19.4. The lowest BCUT2D eigenvalue weighted by Crippen LogP contribution is -2.38. The molecule has 2 heterocycles. The SMILES string of the molecule is c1ccc(C23SSCC2COc2ccccc23)cc1. The van der Waals surface area contributed by atoms with E-state index in [1.165, 1.54) is 11.1 Å². The van der Waals surface area contributed by atoms with Crippen molar-refractivity contribution in [3.05, 3.63) is 65.7 Å². The monoisotopic (exact) mass is 286 g/mol. The van der Waals surface area contributed by atoms with Crippen molar-refractivity contribution in [2.45, 2.75) is 4.75 Å². The first-order valence-electron chi connectivity index (χ1n) is 6.50. The van der Waals surface area contributed by atoms with Gasteiger partial charge in [0.15, 0.2) is 0 Å². The number of para-hydroxylation sites is 1. The summed E-state index contributed by atoms with van der Waals surface area (Å²) in [6.45, 7) is 0.825. The van der Waals surface area contributed by atoms with Crippen molar-refractivity contribution in [1.82, 2.24) is 0 Å². The fraction of sp³-hybridized carbons (Fsp3) is 0.250. The highest BCUT2D eigenvalue weighted by molar-refractivity contribution is 8.77. The Balaban J connectivity index is 1.97. The Morgan fingerprint density at radius 1 is 1.00 bits per heavy atom. The molecule has 2 aromatic rings. The molecule has 96 valence electrons. The molecule has 1 nitrogen and oxygen atoms in total. The van der Waals surface area contributed by atoms with Gasteiger partial charge in [0, 0.05) is 17.2 Å². The van der Waals surface area contributed by atoms with Gasteiger partial charge in [-0.3, -0.25) is 0 Å². The van der Waals surface area contributed by atoms with Gasteiger partial charge in [-0.2, -0.15) is 0 Å². The average Bonchev–Trinajstić information content (AvgIpc) is 2.93. The Morgan fingerprint density at radius 2 is 1.79 bits per heavy atom. The van der Waals surface area contributed by atoms with Crippen molar-refractivity contribution >= 4 is 21.6 Å². The normalized spacial score (nSPS) is 28.3. The van der Waals surface area contributed by atoms with Gasteiger partial charge in [0.1, 0.15) is 5.75 Å². The van der Waals surface area contributed by atoms with Crippen LogP contribution in [0.3, 0.4) is 0 Å². The molecule has 0 amide bonds. The number of hydrogen-bond donors (Lipinski definition) is 0. The largest absolute Gasteiger partial charge is 0.493 e. The van der Waals surface area contributed by atoms with Crippen LogP contribution in [0.5, 0.6) is 5.75 Å². The number of ether oxygens (including phenoxy) is 1. The molecule has 19 heavy (non-hydrogen) atoms. The number of fused-ring (bicyclic) bond motifs is 3. The van der Waals surface area contributed by atoms with Gasteiger partial charge < -0.3 is 4.74 Å². The summed E-state index contributed by atoms with van der Waals surface area (Å²) in [7, 11) is 3.98. The van der Waals surface area contributed by atoms with Crippen molar-refractivity contribution in [1.29, 1.82) is 0 Å². The van der Waals surface area contributed by atoms with Crippen LogP contribution < -0.4 is 4.74 Å². The van der Waals surface area contributed by atoms with E-state index in [2.05, 4.69) is 54.6 Å². The maximum Gasteiger partial charge on any atom is 0.124 e. The summed E-state index contributed by atoms with van der Waals surface area (Å²) in [4.78, 5) is 0. The molecule has 2 unspecified atom stereocenters. The zero-order valence-corrected chi connectivity index (χ0v) is 12.0. The Kier molecular flexibility index (Phi) is 2.78. The van der Waals surface area contributed by atoms with Crippen LogP contribution in [0.25, 0.3) is 0 Å². The Morgan fingerprint density at radius 3 is 2.68 bits per heavy atom. The van der Waals surface area contributed by atoms with E-state index in [-0.39, 0.29) is 4.75 Å². The van der Waals surface area contributed by atoms with Crippen LogP contribution in [0.2, 0.25) is 0 Å². The van der Waals surface area contributed by atoms with Crippen LogP contribution in [0.1, 0.15) is 11.1 Å². The fourth-order valence-corrected chi connectivity index (χ4v) is 6.91. The van der Waals surface area contributed by atoms with Crippen molar-refractivity contribution in [3.63, 3.8) is 0 Å². The predicted octanol–water partition coefficient (Wildman–Crippen LogP) is 4.33. The molecular formula is C16H14OS2. The van der Waals surface area contributed by atoms with Gasteiger partial charge in [-0.15, -0.1) is 0 Å². The second-order valence-corrected chi connectivity index (χ2v) is 7.56. The van der Waals surface area contributed by atoms with Gasteiger partial charge in [-0.25, -0.2) is 0 Å². The highest BCUT2D eigenvalue weighted by Gasteiger charge is 2.51. The van der Waals surface area contributed by atoms with Crippen LogP contribution in [0.4, 0.5) is 0 Å². The van der Waals surface area contributed by atoms with Gasteiger partial charge in [-0.1, -0.05) is 70.1 Å². The molecule has 0 bridgehead atoms. The highest BCUT2D eigenvalue weighted by atomic mass is 33.1. The van der Waals surface area contributed by atoms with E-state index in [9.17, 15) is 0 Å². The minimum absolute atomic E-state index is 0.0702. The van der Waals surface area contributed by atoms with E-state index >= 15 is 0 Å². The second kappa shape index (κ2) is 4.50. The Bertz CT molecular complexity index is 599. The quantitative estimate of drug-likeness (QED) is 0.722. The van der Waals surface area contributed by atoms with Crippen LogP contribution in [0.15, 0.2) is 54.6 Å². The van der Waals surface area contributed by atoms with Crippen LogP contribution in [-0.4, -0.2) is 12.4 Å². The molecule has 2 atom stereocenters. The first-order chi connectivity index (χ1) is 9.41. The molecule has 1 fully saturated rings. The number of benzene rings is 2. The molecule has 2 aliphatic rings. The third-order valence-corrected chi connectivity index (χ3v) is 7.22. The summed E-state index contributed by atoms with van der Waals surface area (Å²) in [5, 5.41) is 0. The Hall–Kier alpha value is -1.06. The van der Waals surface area contributed by atoms with E-state index in [1.54, 1.807) is 0 Å². The zero-order valence-electron chi connectivity index (χ0n) is 10.4. The van der Waals surface area contributed by atoms with Crippen LogP contribution in [0, 0.1) is 5.92 Å². The minimum Gasteiger partial charge on any atom is -0.493 e. The molecule has 0 aliphatic carbocycles. The van der Waals surface area contributed by atoms with E-state index in [1.807, 2.05) is 21.6 Å². The van der Waals surface area contributed by atoms with Gasteiger partial charge in [0.2, 0.25) is 0 Å². The van der Waals surface area contributed by atoms with Gasteiger partial charge >= 0.3 is 0 Å². The number of hydrogen-bond acceptors (Lipinski definition) is 3. The van der Waals surface area contributed by atoms with Crippen molar-refractivity contribution in [3.8, 4) is 5.75 Å².